The minimum Gasteiger partial charge on any atom is -0.326 e. The monoisotopic (exact) mass is 435 g/mol. The minimum absolute atomic E-state index is 0.358. The molecule has 5 rings (SSSR count). The fraction of sp³-hybridized carbons (Fsp3) is 0.182. The van der Waals surface area contributed by atoms with Crippen LogP contribution < -0.4 is 5.32 Å². The SMILES string of the molecule is Cn1nc(-c2ccc(C(=O)N3CC(F)(F)C3)cc2)nc1Nc1ccc(-c2cn[nH]c2)cc1. The Bertz CT molecular complexity index is 1240. The van der Waals surface area contributed by atoms with Gasteiger partial charge in [0.05, 0.1) is 19.3 Å². The Morgan fingerprint density at radius 3 is 2.34 bits per heavy atom. The van der Waals surface area contributed by atoms with Crippen LogP contribution >= 0.6 is 0 Å². The normalized spacial score (nSPS) is 14.8. The largest absolute Gasteiger partial charge is 0.326 e. The second-order valence-corrected chi connectivity index (χ2v) is 7.67. The summed E-state index contributed by atoms with van der Waals surface area (Å²) in [5.41, 5.74) is 3.97. The molecule has 10 heteroatoms. The number of likely N-dealkylation sites (tertiary alicyclic amines) is 1. The maximum Gasteiger partial charge on any atom is 0.282 e. The number of carbonyl (C=O) groups is 1. The highest BCUT2D eigenvalue weighted by atomic mass is 19.3. The number of hydrogen-bond donors (Lipinski definition) is 2. The van der Waals surface area contributed by atoms with Crippen LogP contribution in [0.15, 0.2) is 60.9 Å². The van der Waals surface area contributed by atoms with Crippen molar-refractivity contribution in [2.75, 3.05) is 18.4 Å². The minimum atomic E-state index is -2.78. The number of aryl methyl sites for hydroxylation is 1. The van der Waals surface area contributed by atoms with Crippen molar-refractivity contribution in [3.63, 3.8) is 0 Å². The number of alkyl halides is 2. The number of nitrogens with zero attached hydrogens (tertiary/aromatic N) is 5. The summed E-state index contributed by atoms with van der Waals surface area (Å²) in [6.07, 6.45) is 3.59. The van der Waals surface area contributed by atoms with E-state index < -0.39 is 24.9 Å². The van der Waals surface area contributed by atoms with Crippen LogP contribution in [0.2, 0.25) is 0 Å². The first-order chi connectivity index (χ1) is 15.4. The topological polar surface area (TPSA) is 91.7 Å². The van der Waals surface area contributed by atoms with Gasteiger partial charge in [-0.05, 0) is 29.8 Å². The van der Waals surface area contributed by atoms with Crippen LogP contribution in [-0.4, -0.2) is 54.8 Å². The first-order valence-corrected chi connectivity index (χ1v) is 9.93. The van der Waals surface area contributed by atoms with Gasteiger partial charge >= 0.3 is 0 Å². The first-order valence-electron chi connectivity index (χ1n) is 9.93. The van der Waals surface area contributed by atoms with E-state index in [4.69, 9.17) is 0 Å². The van der Waals surface area contributed by atoms with E-state index in [-0.39, 0.29) is 0 Å². The van der Waals surface area contributed by atoms with Crippen LogP contribution in [0.5, 0.6) is 0 Å². The van der Waals surface area contributed by atoms with Crippen molar-refractivity contribution in [2.24, 2.45) is 7.05 Å². The van der Waals surface area contributed by atoms with E-state index in [0.29, 0.717) is 17.3 Å². The lowest BCUT2D eigenvalue weighted by molar-refractivity contribution is -0.113. The number of aromatic amines is 1. The maximum absolute atomic E-state index is 13.0. The maximum atomic E-state index is 13.0. The van der Waals surface area contributed by atoms with Crippen molar-refractivity contribution in [1.29, 1.82) is 0 Å². The molecule has 4 aromatic rings. The molecule has 0 unspecified atom stereocenters. The number of aromatic nitrogens is 5. The Labute approximate surface area is 181 Å². The summed E-state index contributed by atoms with van der Waals surface area (Å²) in [6.45, 7) is -1.07. The Morgan fingerprint density at radius 1 is 1.03 bits per heavy atom. The van der Waals surface area contributed by atoms with Crippen LogP contribution in [0.4, 0.5) is 20.4 Å². The Hall–Kier alpha value is -4.08. The molecule has 3 heterocycles. The number of halogens is 2. The summed E-state index contributed by atoms with van der Waals surface area (Å²) in [4.78, 5) is 17.9. The summed E-state index contributed by atoms with van der Waals surface area (Å²) in [5, 5.41) is 14.4. The van der Waals surface area contributed by atoms with Crippen LogP contribution in [0.25, 0.3) is 22.5 Å². The van der Waals surface area contributed by atoms with E-state index in [1.807, 2.05) is 30.5 Å². The summed E-state index contributed by atoms with van der Waals surface area (Å²) >= 11 is 0. The molecule has 1 aliphatic rings. The Kier molecular flexibility index (Phi) is 4.69. The summed E-state index contributed by atoms with van der Waals surface area (Å²) in [5.74, 6) is -2.15. The number of rotatable bonds is 5. The molecule has 1 fully saturated rings. The van der Waals surface area contributed by atoms with Crippen molar-refractivity contribution in [1.82, 2.24) is 29.9 Å². The van der Waals surface area contributed by atoms with Crippen molar-refractivity contribution < 1.29 is 13.6 Å². The van der Waals surface area contributed by atoms with E-state index in [1.54, 1.807) is 42.2 Å². The molecule has 32 heavy (non-hydrogen) atoms. The molecule has 0 spiro atoms. The zero-order valence-electron chi connectivity index (χ0n) is 17.1. The van der Waals surface area contributed by atoms with Gasteiger partial charge in [0.2, 0.25) is 5.95 Å². The molecule has 0 aliphatic carbocycles. The van der Waals surface area contributed by atoms with Crippen molar-refractivity contribution in [3.05, 3.63) is 66.5 Å². The van der Waals surface area contributed by atoms with Gasteiger partial charge in [-0.2, -0.15) is 10.1 Å². The van der Waals surface area contributed by atoms with Crippen LogP contribution in [0.3, 0.4) is 0 Å². The standard InChI is InChI=1S/C22H19F2N7O/c1-30-21(27-18-8-6-14(7-9-18)17-10-25-26-11-17)28-19(29-30)15-2-4-16(5-3-15)20(32)31-12-22(23,24)13-31/h2-11H,12-13H2,1H3,(H,25,26)(H,27,28,29). The zero-order chi connectivity index (χ0) is 22.3. The predicted molar refractivity (Wildman–Crippen MR) is 115 cm³/mol. The third-order valence-corrected chi connectivity index (χ3v) is 5.26. The van der Waals surface area contributed by atoms with Crippen molar-refractivity contribution >= 4 is 17.5 Å². The van der Waals surface area contributed by atoms with E-state index in [9.17, 15) is 13.6 Å². The quantitative estimate of drug-likeness (QED) is 0.499. The zero-order valence-corrected chi connectivity index (χ0v) is 17.1. The Balaban J connectivity index is 1.28. The van der Waals surface area contributed by atoms with Crippen molar-refractivity contribution in [2.45, 2.75) is 5.92 Å². The lowest BCUT2D eigenvalue weighted by Gasteiger charge is -2.38. The number of anilines is 2. The molecule has 8 nitrogen and oxygen atoms in total. The van der Waals surface area contributed by atoms with Gasteiger partial charge in [-0.25, -0.2) is 13.5 Å². The van der Waals surface area contributed by atoms with Gasteiger partial charge in [0.1, 0.15) is 0 Å². The van der Waals surface area contributed by atoms with Crippen LogP contribution in [-0.2, 0) is 7.05 Å². The molecule has 1 saturated heterocycles. The van der Waals surface area contributed by atoms with Gasteiger partial charge in [-0.15, -0.1) is 5.10 Å². The highest BCUT2D eigenvalue weighted by Crippen LogP contribution is 2.29. The summed E-state index contributed by atoms with van der Waals surface area (Å²) in [7, 11) is 1.78. The number of benzene rings is 2. The lowest BCUT2D eigenvalue weighted by Crippen LogP contribution is -2.58. The molecule has 2 aromatic heterocycles. The van der Waals surface area contributed by atoms with Gasteiger partial charge in [0.25, 0.3) is 11.8 Å². The molecule has 2 aromatic carbocycles. The van der Waals surface area contributed by atoms with Crippen LogP contribution in [0, 0.1) is 0 Å². The van der Waals surface area contributed by atoms with Crippen molar-refractivity contribution in [3.8, 4) is 22.5 Å². The average Bonchev–Trinajstić information content (AvgIpc) is 3.43. The summed E-state index contributed by atoms with van der Waals surface area (Å²) < 4.78 is 27.6. The fourth-order valence-corrected chi connectivity index (χ4v) is 3.50. The number of H-pyrrole nitrogens is 1. The molecular formula is C22H19F2N7O. The Morgan fingerprint density at radius 2 is 1.72 bits per heavy atom. The smallest absolute Gasteiger partial charge is 0.282 e. The second kappa shape index (κ2) is 7.56. The molecule has 0 radical (unpaired) electrons. The highest BCUT2D eigenvalue weighted by molar-refractivity contribution is 5.95. The molecule has 1 aliphatic heterocycles. The number of nitrogens with one attached hydrogen (secondary N) is 2. The molecular weight excluding hydrogens is 416 g/mol. The van der Waals surface area contributed by atoms with E-state index in [2.05, 4.69) is 25.6 Å². The van der Waals surface area contributed by atoms with Gasteiger partial charge in [-0.1, -0.05) is 24.3 Å². The van der Waals surface area contributed by atoms with E-state index >= 15 is 0 Å². The average molecular weight is 435 g/mol. The molecule has 0 bridgehead atoms. The molecule has 0 saturated carbocycles. The molecule has 162 valence electrons. The fourth-order valence-electron chi connectivity index (χ4n) is 3.50. The first kappa shape index (κ1) is 19.9. The highest BCUT2D eigenvalue weighted by Gasteiger charge is 2.46. The molecule has 1 amide bonds. The van der Waals surface area contributed by atoms with Gasteiger partial charge in [0.15, 0.2) is 5.82 Å². The van der Waals surface area contributed by atoms with Gasteiger partial charge in [-0.3, -0.25) is 9.89 Å². The third-order valence-electron chi connectivity index (χ3n) is 5.26. The lowest BCUT2D eigenvalue weighted by atomic mass is 10.1. The molecule has 2 N–H and O–H groups in total. The number of amides is 1. The summed E-state index contributed by atoms with van der Waals surface area (Å²) in [6, 6.07) is 14.5. The van der Waals surface area contributed by atoms with Gasteiger partial charge in [0, 0.05) is 35.6 Å². The second-order valence-electron chi connectivity index (χ2n) is 7.67. The number of hydrogen-bond acceptors (Lipinski definition) is 5. The van der Waals surface area contributed by atoms with Gasteiger partial charge < -0.3 is 10.2 Å². The molecule has 0 atom stereocenters. The van der Waals surface area contributed by atoms with Crippen LogP contribution in [0.1, 0.15) is 10.4 Å². The number of carbonyl (C=O) groups excluding carboxylic acids is 1. The van der Waals surface area contributed by atoms with E-state index in [1.165, 1.54) is 0 Å². The predicted octanol–water partition coefficient (Wildman–Crippen LogP) is 3.71. The van der Waals surface area contributed by atoms with E-state index in [0.717, 1.165) is 27.3 Å². The third kappa shape index (κ3) is 3.82.